The van der Waals surface area contributed by atoms with Crippen molar-refractivity contribution >= 4 is 5.57 Å². The molecular weight excluding hydrogens is 304 g/mol. The zero-order valence-corrected chi connectivity index (χ0v) is 14.5. The Bertz CT molecular complexity index is 906. The number of rotatable bonds is 3. The standard InChI is InChI=1S/C24H20O/c1-19-11-15-22(16-12-19)24(21-8-4-3-5-9-21)10-6-7-20-13-17-23(25-2)18-14-20/h3-5,8-18H,1-2H3/b24-10+. The van der Waals surface area contributed by atoms with E-state index in [1.807, 2.05) is 48.5 Å². The van der Waals surface area contributed by atoms with Crippen molar-refractivity contribution in [1.29, 1.82) is 0 Å². The van der Waals surface area contributed by atoms with Gasteiger partial charge in [-0.15, -0.1) is 0 Å². The van der Waals surface area contributed by atoms with Gasteiger partial charge >= 0.3 is 0 Å². The van der Waals surface area contributed by atoms with Crippen molar-refractivity contribution in [2.75, 3.05) is 7.11 Å². The Morgan fingerprint density at radius 2 is 1.44 bits per heavy atom. The molecule has 3 aromatic rings. The predicted octanol–water partition coefficient (Wildman–Crippen LogP) is 5.49. The van der Waals surface area contributed by atoms with E-state index in [1.54, 1.807) is 7.11 Å². The molecule has 1 heteroatoms. The molecule has 0 fully saturated rings. The molecule has 0 saturated heterocycles. The maximum absolute atomic E-state index is 5.18. The summed E-state index contributed by atoms with van der Waals surface area (Å²) < 4.78 is 5.18. The number of hydrogen-bond acceptors (Lipinski definition) is 1. The molecule has 0 spiro atoms. The van der Waals surface area contributed by atoms with Crippen molar-refractivity contribution in [3.63, 3.8) is 0 Å². The number of allylic oxidation sites excluding steroid dienone is 1. The molecule has 0 heterocycles. The lowest BCUT2D eigenvalue weighted by Crippen LogP contribution is -1.88. The average Bonchev–Trinajstić information content (AvgIpc) is 2.67. The van der Waals surface area contributed by atoms with Gasteiger partial charge in [0.1, 0.15) is 5.75 Å². The Kier molecular flexibility index (Phi) is 5.34. The fourth-order valence-corrected chi connectivity index (χ4v) is 2.55. The summed E-state index contributed by atoms with van der Waals surface area (Å²) in [5.74, 6) is 7.23. The SMILES string of the molecule is COc1ccc(C#C/C=C(\c2ccccc2)c2ccc(C)cc2)cc1. The summed E-state index contributed by atoms with van der Waals surface area (Å²) in [5.41, 5.74) is 5.67. The summed E-state index contributed by atoms with van der Waals surface area (Å²) in [6.07, 6.45) is 1.99. The summed E-state index contributed by atoms with van der Waals surface area (Å²) in [7, 11) is 1.66. The van der Waals surface area contributed by atoms with Crippen LogP contribution in [0, 0.1) is 18.8 Å². The second kappa shape index (κ2) is 8.04. The van der Waals surface area contributed by atoms with E-state index < -0.39 is 0 Å². The highest BCUT2D eigenvalue weighted by molar-refractivity contribution is 5.81. The third-order valence-electron chi connectivity index (χ3n) is 3.97. The molecule has 1 nitrogen and oxygen atoms in total. The molecule has 0 aliphatic heterocycles. The molecule has 0 aliphatic rings. The molecular formula is C24H20O. The van der Waals surface area contributed by atoms with Crippen LogP contribution >= 0.6 is 0 Å². The van der Waals surface area contributed by atoms with Crippen LogP contribution in [-0.2, 0) is 0 Å². The molecule has 0 bridgehead atoms. The molecule has 122 valence electrons. The Balaban J connectivity index is 1.95. The zero-order chi connectivity index (χ0) is 17.5. The molecule has 0 unspecified atom stereocenters. The molecule has 0 N–H and O–H groups in total. The van der Waals surface area contributed by atoms with Crippen LogP contribution in [0.4, 0.5) is 0 Å². The number of methoxy groups -OCH3 is 1. The third kappa shape index (κ3) is 4.40. The second-order valence-electron chi connectivity index (χ2n) is 5.79. The lowest BCUT2D eigenvalue weighted by Gasteiger charge is -2.07. The minimum atomic E-state index is 0.839. The molecule has 0 saturated carbocycles. The first-order valence-corrected chi connectivity index (χ1v) is 8.24. The Morgan fingerprint density at radius 3 is 2.08 bits per heavy atom. The maximum Gasteiger partial charge on any atom is 0.118 e. The lowest BCUT2D eigenvalue weighted by molar-refractivity contribution is 0.415. The molecule has 0 atom stereocenters. The van der Waals surface area contributed by atoms with E-state index >= 15 is 0 Å². The van der Waals surface area contributed by atoms with Gasteiger partial charge in [0.2, 0.25) is 0 Å². The fraction of sp³-hybridized carbons (Fsp3) is 0.0833. The van der Waals surface area contributed by atoms with Crippen LogP contribution in [0.15, 0.2) is 84.9 Å². The largest absolute Gasteiger partial charge is 0.497 e. The van der Waals surface area contributed by atoms with Crippen LogP contribution in [0.3, 0.4) is 0 Å². The quantitative estimate of drug-likeness (QED) is 0.579. The fourth-order valence-electron chi connectivity index (χ4n) is 2.55. The average molecular weight is 324 g/mol. The van der Waals surface area contributed by atoms with Gasteiger partial charge in [-0.1, -0.05) is 72.0 Å². The van der Waals surface area contributed by atoms with Crippen LogP contribution in [0.5, 0.6) is 5.75 Å². The van der Waals surface area contributed by atoms with Gasteiger partial charge in [0, 0.05) is 5.56 Å². The summed E-state index contributed by atoms with van der Waals surface area (Å²) in [6.45, 7) is 2.10. The summed E-state index contributed by atoms with van der Waals surface area (Å²) in [5, 5.41) is 0. The molecule has 0 radical (unpaired) electrons. The van der Waals surface area contributed by atoms with Crippen molar-refractivity contribution < 1.29 is 4.74 Å². The van der Waals surface area contributed by atoms with E-state index in [9.17, 15) is 0 Å². The highest BCUT2D eigenvalue weighted by Crippen LogP contribution is 2.23. The van der Waals surface area contributed by atoms with Crippen LogP contribution < -0.4 is 4.74 Å². The van der Waals surface area contributed by atoms with Crippen LogP contribution in [0.1, 0.15) is 22.3 Å². The monoisotopic (exact) mass is 324 g/mol. The molecule has 0 aromatic heterocycles. The Hall–Kier alpha value is -3.24. The number of ether oxygens (including phenoxy) is 1. The zero-order valence-electron chi connectivity index (χ0n) is 14.5. The maximum atomic E-state index is 5.18. The second-order valence-corrected chi connectivity index (χ2v) is 5.79. The van der Waals surface area contributed by atoms with Gasteiger partial charge in [-0.05, 0) is 54.0 Å². The van der Waals surface area contributed by atoms with Gasteiger partial charge in [0.25, 0.3) is 0 Å². The number of benzene rings is 3. The highest BCUT2D eigenvalue weighted by atomic mass is 16.5. The Labute approximate surface area is 149 Å². The van der Waals surface area contributed by atoms with Crippen LogP contribution in [-0.4, -0.2) is 7.11 Å². The van der Waals surface area contributed by atoms with Gasteiger partial charge in [-0.25, -0.2) is 0 Å². The predicted molar refractivity (Wildman–Crippen MR) is 105 cm³/mol. The van der Waals surface area contributed by atoms with E-state index in [2.05, 4.69) is 55.2 Å². The van der Waals surface area contributed by atoms with E-state index in [-0.39, 0.29) is 0 Å². The van der Waals surface area contributed by atoms with Crippen molar-refractivity contribution in [3.8, 4) is 17.6 Å². The summed E-state index contributed by atoms with van der Waals surface area (Å²) in [4.78, 5) is 0. The minimum Gasteiger partial charge on any atom is -0.497 e. The van der Waals surface area contributed by atoms with E-state index in [0.717, 1.165) is 22.4 Å². The minimum absolute atomic E-state index is 0.839. The van der Waals surface area contributed by atoms with Gasteiger partial charge in [0.05, 0.1) is 7.11 Å². The third-order valence-corrected chi connectivity index (χ3v) is 3.97. The molecule has 3 aromatic carbocycles. The molecule has 25 heavy (non-hydrogen) atoms. The summed E-state index contributed by atoms with van der Waals surface area (Å²) in [6, 6.07) is 26.7. The van der Waals surface area contributed by atoms with Gasteiger partial charge in [0.15, 0.2) is 0 Å². The van der Waals surface area contributed by atoms with Crippen molar-refractivity contribution in [2.24, 2.45) is 0 Å². The first kappa shape index (κ1) is 16.6. The topological polar surface area (TPSA) is 9.23 Å². The van der Waals surface area contributed by atoms with Crippen LogP contribution in [0.25, 0.3) is 5.57 Å². The summed E-state index contributed by atoms with van der Waals surface area (Å²) >= 11 is 0. The lowest BCUT2D eigenvalue weighted by atomic mass is 9.97. The van der Waals surface area contributed by atoms with Gasteiger partial charge < -0.3 is 4.74 Å². The van der Waals surface area contributed by atoms with Crippen molar-refractivity contribution in [2.45, 2.75) is 6.92 Å². The van der Waals surface area contributed by atoms with Crippen LogP contribution in [0.2, 0.25) is 0 Å². The van der Waals surface area contributed by atoms with Crippen molar-refractivity contribution in [3.05, 3.63) is 107 Å². The number of aryl methyl sites for hydroxylation is 1. The molecule has 3 rings (SSSR count). The highest BCUT2D eigenvalue weighted by Gasteiger charge is 2.03. The molecule has 0 amide bonds. The smallest absolute Gasteiger partial charge is 0.118 e. The first-order chi connectivity index (χ1) is 12.3. The molecule has 0 aliphatic carbocycles. The van der Waals surface area contributed by atoms with Crippen molar-refractivity contribution in [1.82, 2.24) is 0 Å². The van der Waals surface area contributed by atoms with E-state index in [0.29, 0.717) is 0 Å². The number of hydrogen-bond donors (Lipinski definition) is 0. The normalized spacial score (nSPS) is 10.7. The Morgan fingerprint density at radius 1 is 0.800 bits per heavy atom. The van der Waals surface area contributed by atoms with E-state index in [4.69, 9.17) is 4.74 Å². The first-order valence-electron chi connectivity index (χ1n) is 8.24. The van der Waals surface area contributed by atoms with E-state index in [1.165, 1.54) is 11.1 Å². The van der Waals surface area contributed by atoms with Gasteiger partial charge in [-0.2, -0.15) is 0 Å². The van der Waals surface area contributed by atoms with Gasteiger partial charge in [-0.3, -0.25) is 0 Å².